The molecule has 78 heavy (non-hydrogen) atoms. The summed E-state index contributed by atoms with van der Waals surface area (Å²) in [5, 5.41) is 6.49. The predicted octanol–water partition coefficient (Wildman–Crippen LogP) is 20.4. The average molecular weight is 1000 g/mol. The summed E-state index contributed by atoms with van der Waals surface area (Å²) in [6.07, 6.45) is 9.13. The minimum absolute atomic E-state index is 0.0947. The number of fused-ring (bicyclic) bond motifs is 18. The van der Waals surface area contributed by atoms with Gasteiger partial charge in [-0.1, -0.05) is 176 Å². The molecule has 366 valence electrons. The second-order valence-corrected chi connectivity index (χ2v) is 20.7. The van der Waals surface area contributed by atoms with Gasteiger partial charge in [-0.25, -0.2) is 0 Å². The Labute approximate surface area is 448 Å². The second-order valence-electron chi connectivity index (χ2n) is 20.7. The van der Waals surface area contributed by atoms with Gasteiger partial charge in [0.05, 0.1) is 23.1 Å². The molecule has 11 aromatic carbocycles. The molecular weight excluding hydrogens is 955 g/mol. The Morgan fingerprint density at radius 3 is 1.55 bits per heavy atom. The van der Waals surface area contributed by atoms with E-state index in [9.17, 15) is 0 Å². The number of rotatable bonds is 7. The van der Waals surface area contributed by atoms with E-state index < -0.39 is 0 Å². The first-order chi connectivity index (χ1) is 38.7. The molecule has 0 saturated carbocycles. The van der Waals surface area contributed by atoms with Gasteiger partial charge in [0.2, 0.25) is 0 Å². The van der Waals surface area contributed by atoms with Crippen LogP contribution in [0, 0.1) is 0 Å². The van der Waals surface area contributed by atoms with Gasteiger partial charge in [-0.05, 0) is 107 Å². The molecule has 2 atom stereocenters. The number of anilines is 8. The number of hydrogen-bond donors (Lipinski definition) is 0. The summed E-state index contributed by atoms with van der Waals surface area (Å²) >= 11 is 0. The van der Waals surface area contributed by atoms with Gasteiger partial charge in [-0.15, -0.1) is 0 Å². The Bertz CT molecular complexity index is 4850. The highest BCUT2D eigenvalue weighted by molar-refractivity contribution is 6.17. The summed E-state index contributed by atoms with van der Waals surface area (Å²) in [5.41, 5.74) is 21.4. The number of furan rings is 3. The molecule has 6 nitrogen and oxygen atoms in total. The van der Waals surface area contributed by atoms with Crippen LogP contribution in [0.2, 0.25) is 0 Å². The van der Waals surface area contributed by atoms with Crippen LogP contribution < -0.4 is 14.7 Å². The van der Waals surface area contributed by atoms with Crippen molar-refractivity contribution in [1.82, 2.24) is 0 Å². The van der Waals surface area contributed by atoms with Crippen LogP contribution in [0.25, 0.3) is 99.2 Å². The van der Waals surface area contributed by atoms with Crippen molar-refractivity contribution in [1.29, 1.82) is 0 Å². The monoisotopic (exact) mass is 999 g/mol. The van der Waals surface area contributed by atoms with Crippen molar-refractivity contribution >= 4 is 111 Å². The van der Waals surface area contributed by atoms with Crippen LogP contribution in [0.15, 0.2) is 274 Å². The number of nitrogens with zero attached hydrogens (tertiary/aromatic N) is 3. The maximum absolute atomic E-state index is 6.99. The van der Waals surface area contributed by atoms with Crippen LogP contribution in [0.4, 0.5) is 45.5 Å². The van der Waals surface area contributed by atoms with Crippen molar-refractivity contribution in [3.63, 3.8) is 0 Å². The second kappa shape index (κ2) is 16.6. The van der Waals surface area contributed by atoms with Gasteiger partial charge in [-0.3, -0.25) is 0 Å². The largest absolute Gasteiger partial charge is 0.455 e. The number of hydrogen-bond acceptors (Lipinski definition) is 6. The maximum Gasteiger partial charge on any atom is 0.159 e. The third-order valence-electron chi connectivity index (χ3n) is 16.5. The molecule has 14 aromatic rings. The summed E-state index contributed by atoms with van der Waals surface area (Å²) in [5.74, 6) is 0.196. The zero-order valence-corrected chi connectivity index (χ0v) is 42.0. The topological polar surface area (TPSA) is 49.1 Å². The van der Waals surface area contributed by atoms with Gasteiger partial charge in [0, 0.05) is 83.4 Å². The van der Waals surface area contributed by atoms with Crippen molar-refractivity contribution in [3.05, 3.63) is 266 Å². The lowest BCUT2D eigenvalue weighted by Crippen LogP contribution is -2.28. The Morgan fingerprint density at radius 1 is 0.346 bits per heavy atom. The molecule has 6 heteroatoms. The van der Waals surface area contributed by atoms with Crippen molar-refractivity contribution in [3.8, 4) is 33.4 Å². The van der Waals surface area contributed by atoms with Crippen LogP contribution in [0.5, 0.6) is 0 Å². The summed E-state index contributed by atoms with van der Waals surface area (Å²) in [7, 11) is 0. The number of allylic oxidation sites excluding steroid dienone is 2. The van der Waals surface area contributed by atoms with E-state index >= 15 is 0 Å². The number of para-hydroxylation sites is 6. The molecule has 0 N–H and O–H groups in total. The molecule has 0 fully saturated rings. The zero-order chi connectivity index (χ0) is 51.0. The molecule has 17 rings (SSSR count). The average Bonchev–Trinajstić information content (AvgIpc) is 4.34. The first-order valence-corrected chi connectivity index (χ1v) is 26.7. The summed E-state index contributed by atoms with van der Waals surface area (Å²) < 4.78 is 20.8. The van der Waals surface area contributed by atoms with Gasteiger partial charge < -0.3 is 28.0 Å². The van der Waals surface area contributed by atoms with E-state index in [0.717, 1.165) is 128 Å². The first kappa shape index (κ1) is 43.0. The Balaban J connectivity index is 0.916. The minimum Gasteiger partial charge on any atom is -0.455 e. The van der Waals surface area contributed by atoms with Gasteiger partial charge >= 0.3 is 0 Å². The van der Waals surface area contributed by atoms with Gasteiger partial charge in [0.15, 0.2) is 11.2 Å². The van der Waals surface area contributed by atoms with Crippen LogP contribution in [-0.2, 0) is 0 Å². The lowest BCUT2D eigenvalue weighted by molar-refractivity contribution is 0.669. The Kier molecular flexibility index (Phi) is 9.15. The molecule has 0 bridgehead atoms. The summed E-state index contributed by atoms with van der Waals surface area (Å²) in [6.45, 7) is 0. The van der Waals surface area contributed by atoms with Crippen LogP contribution >= 0.6 is 0 Å². The Morgan fingerprint density at radius 2 is 0.872 bits per heavy atom. The van der Waals surface area contributed by atoms with Crippen molar-refractivity contribution in [2.75, 3.05) is 14.7 Å². The fourth-order valence-corrected chi connectivity index (χ4v) is 13.1. The smallest absolute Gasteiger partial charge is 0.159 e. The maximum atomic E-state index is 6.99. The lowest BCUT2D eigenvalue weighted by atomic mass is 9.87. The van der Waals surface area contributed by atoms with E-state index in [0.29, 0.717) is 0 Å². The molecule has 2 unspecified atom stereocenters. The van der Waals surface area contributed by atoms with Gasteiger partial charge in [-0.2, -0.15) is 0 Å². The van der Waals surface area contributed by atoms with Crippen molar-refractivity contribution in [2.45, 2.75) is 12.0 Å². The van der Waals surface area contributed by atoms with Gasteiger partial charge in [0.25, 0.3) is 0 Å². The molecule has 0 amide bonds. The standard InChI is InChI=1S/C72H45N3O3/c1-2-16-44(17-3-1)45-34-36-46(37-35-45)73(63-29-14-25-56-51-21-5-9-31-65(51)76-70(56)63)47-18-12-19-48(42-47)74(64-30-15-26-57-52-22-6-10-32-66(52)77-71(57)64)49-38-41-62-60(43-49)54-39-40-58-53-23-7-11-33-67(53)78-72(58)68(54)59-27-13-24-55-50-20-4-8-28-61(50)75(62)69(55)59/h1-43,50,61H. The van der Waals surface area contributed by atoms with E-state index in [1.165, 1.54) is 22.4 Å². The highest BCUT2D eigenvalue weighted by atomic mass is 16.3. The van der Waals surface area contributed by atoms with E-state index in [1.807, 2.05) is 12.1 Å². The molecule has 0 saturated heterocycles. The normalized spacial score (nSPS) is 15.1. The van der Waals surface area contributed by atoms with Crippen LogP contribution in [0.3, 0.4) is 0 Å². The molecule has 2 aliphatic heterocycles. The third-order valence-corrected chi connectivity index (χ3v) is 16.5. The van der Waals surface area contributed by atoms with Gasteiger partial charge in [0.1, 0.15) is 22.3 Å². The quantitative estimate of drug-likeness (QED) is 0.159. The van der Waals surface area contributed by atoms with Crippen molar-refractivity contribution in [2.24, 2.45) is 0 Å². The lowest BCUT2D eigenvalue weighted by Gasteiger charge is -2.32. The number of benzene rings is 11. The van der Waals surface area contributed by atoms with E-state index in [-0.39, 0.29) is 12.0 Å². The minimum atomic E-state index is 0.0947. The highest BCUT2D eigenvalue weighted by Gasteiger charge is 2.42. The van der Waals surface area contributed by atoms with Crippen LogP contribution in [0.1, 0.15) is 11.5 Å². The summed E-state index contributed by atoms with van der Waals surface area (Å²) in [4.78, 5) is 7.30. The third kappa shape index (κ3) is 6.25. The zero-order valence-electron chi connectivity index (χ0n) is 42.0. The molecule has 5 heterocycles. The van der Waals surface area contributed by atoms with Crippen LogP contribution in [-0.4, -0.2) is 6.04 Å². The van der Waals surface area contributed by atoms with E-state index in [2.05, 4.69) is 263 Å². The Hall–Kier alpha value is -10.3. The molecule has 1 aliphatic carbocycles. The highest BCUT2D eigenvalue weighted by Crippen LogP contribution is 2.60. The molecular formula is C72H45N3O3. The summed E-state index contributed by atoms with van der Waals surface area (Å²) in [6, 6.07) is 84.9. The fourth-order valence-electron chi connectivity index (χ4n) is 13.1. The molecule has 0 spiro atoms. The molecule has 0 radical (unpaired) electrons. The van der Waals surface area contributed by atoms with Crippen molar-refractivity contribution < 1.29 is 13.3 Å². The fraction of sp³-hybridized carbons (Fsp3) is 0.0278. The molecule has 3 aromatic heterocycles. The SMILES string of the molecule is C1=CC2c3cccc4c3N(c3ccc(N(c5cccc(N(c6ccc(-c7ccccc7)cc6)c6cccc7c6oc6ccccc67)c5)c5cccc6c5oc5ccccc56)cc3-c3ccc5c(oc6ccccc65)c3-4)C2C=C1. The predicted molar refractivity (Wildman–Crippen MR) is 321 cm³/mol. The van der Waals surface area contributed by atoms with E-state index in [4.69, 9.17) is 13.3 Å². The molecule has 3 aliphatic rings. The van der Waals surface area contributed by atoms with E-state index in [1.54, 1.807) is 0 Å². The first-order valence-electron chi connectivity index (χ1n) is 26.7.